The number of nitrogens with one attached hydrogen (secondary N) is 2. The third kappa shape index (κ3) is 7.47. The van der Waals surface area contributed by atoms with Crippen LogP contribution in [-0.4, -0.2) is 27.5 Å². The zero-order chi connectivity index (χ0) is 30.4. The van der Waals surface area contributed by atoms with Crippen molar-refractivity contribution in [3.63, 3.8) is 0 Å². The fraction of sp³-hybridized carbons (Fsp3) is 0.152. The second kappa shape index (κ2) is 12.9. The van der Waals surface area contributed by atoms with Crippen LogP contribution in [0.15, 0.2) is 108 Å². The molecule has 9 nitrogen and oxygen atoms in total. The average Bonchev–Trinajstić information content (AvgIpc) is 2.99. The number of amides is 2. The van der Waals surface area contributed by atoms with Crippen LogP contribution in [-0.2, 0) is 11.4 Å². The van der Waals surface area contributed by atoms with Gasteiger partial charge in [-0.2, -0.15) is 5.48 Å². The topological polar surface area (TPSA) is 106 Å². The van der Waals surface area contributed by atoms with Gasteiger partial charge in [0.15, 0.2) is 0 Å². The highest BCUT2D eigenvalue weighted by Gasteiger charge is 2.30. The fourth-order valence-electron chi connectivity index (χ4n) is 4.44. The number of nitrogens with zero attached hydrogens (tertiary/aromatic N) is 3. The maximum atomic E-state index is 12.9. The van der Waals surface area contributed by atoms with Crippen LogP contribution < -0.4 is 20.4 Å². The maximum absolute atomic E-state index is 12.9. The molecule has 0 aliphatic carbocycles. The summed E-state index contributed by atoms with van der Waals surface area (Å²) < 4.78 is 7.01. The fourth-order valence-corrected chi connectivity index (χ4v) is 4.83. The first-order valence-electron chi connectivity index (χ1n) is 13.5. The molecule has 1 aromatic heterocycles. The van der Waals surface area contributed by atoms with Crippen LogP contribution in [0.2, 0.25) is 0 Å². The number of carbonyl (C=O) groups excluding carboxylic acids is 2. The van der Waals surface area contributed by atoms with Crippen LogP contribution in [0.1, 0.15) is 36.7 Å². The molecule has 1 heterocycles. The van der Waals surface area contributed by atoms with Crippen LogP contribution in [0.3, 0.4) is 0 Å². The normalized spacial score (nSPS) is 11.1. The second-order valence-corrected chi connectivity index (χ2v) is 11.6. The lowest BCUT2D eigenvalue weighted by atomic mass is 10.1. The van der Waals surface area contributed by atoms with Crippen molar-refractivity contribution in [1.82, 2.24) is 15.4 Å². The molecule has 2 amide bonds. The molecule has 5 aromatic rings. The summed E-state index contributed by atoms with van der Waals surface area (Å²) in [4.78, 5) is 41.3. The van der Waals surface area contributed by atoms with Gasteiger partial charge in [-0.05, 0) is 87.0 Å². The monoisotopic (exact) mass is 639 g/mol. The summed E-state index contributed by atoms with van der Waals surface area (Å²) in [5, 5.41) is 4.13. The SMILES string of the molecule is CC(C)(C)N(C(=O)ONC(=O)c1cccc(COc2ccc3ncnc(Nc4cccc(Br)c4)c3c2)c1)c1ccccc1. The van der Waals surface area contributed by atoms with Crippen molar-refractivity contribution in [2.75, 3.05) is 10.2 Å². The average molecular weight is 641 g/mol. The summed E-state index contributed by atoms with van der Waals surface area (Å²) in [6.07, 6.45) is 0.819. The number of rotatable bonds is 7. The number of aromatic nitrogens is 2. The lowest BCUT2D eigenvalue weighted by molar-refractivity contribution is 0.0581. The van der Waals surface area contributed by atoms with Gasteiger partial charge in [0.25, 0.3) is 5.91 Å². The summed E-state index contributed by atoms with van der Waals surface area (Å²) in [5.74, 6) is 0.717. The smallest absolute Gasteiger partial charge is 0.439 e. The number of hydrogen-bond donors (Lipinski definition) is 2. The number of hydrogen-bond acceptors (Lipinski definition) is 7. The zero-order valence-electron chi connectivity index (χ0n) is 23.9. The van der Waals surface area contributed by atoms with Crippen molar-refractivity contribution < 1.29 is 19.2 Å². The number of halogens is 1. The highest BCUT2D eigenvalue weighted by molar-refractivity contribution is 9.10. The van der Waals surface area contributed by atoms with Gasteiger partial charge in [0.05, 0.1) is 5.52 Å². The van der Waals surface area contributed by atoms with E-state index < -0.39 is 17.5 Å². The van der Waals surface area contributed by atoms with Gasteiger partial charge < -0.3 is 14.9 Å². The largest absolute Gasteiger partial charge is 0.489 e. The van der Waals surface area contributed by atoms with E-state index in [1.54, 1.807) is 30.3 Å². The van der Waals surface area contributed by atoms with E-state index in [9.17, 15) is 9.59 Å². The van der Waals surface area contributed by atoms with E-state index >= 15 is 0 Å². The Labute approximate surface area is 258 Å². The van der Waals surface area contributed by atoms with E-state index in [-0.39, 0.29) is 6.61 Å². The molecule has 0 spiro atoms. The number of anilines is 3. The van der Waals surface area contributed by atoms with Crippen molar-refractivity contribution in [1.29, 1.82) is 0 Å². The van der Waals surface area contributed by atoms with E-state index in [1.807, 2.05) is 87.5 Å². The molecule has 0 unspecified atom stereocenters. The van der Waals surface area contributed by atoms with Gasteiger partial charge in [-0.25, -0.2) is 14.8 Å². The molecule has 0 saturated carbocycles. The lowest BCUT2D eigenvalue weighted by Gasteiger charge is -2.34. The molecule has 0 aliphatic rings. The lowest BCUT2D eigenvalue weighted by Crippen LogP contribution is -2.48. The minimum Gasteiger partial charge on any atom is -0.489 e. The summed E-state index contributed by atoms with van der Waals surface area (Å²) in [5.41, 5.74) is 5.09. The first-order chi connectivity index (χ1) is 20.7. The number of carbonyl (C=O) groups is 2. The van der Waals surface area contributed by atoms with E-state index in [2.05, 4.69) is 36.7 Å². The molecule has 43 heavy (non-hydrogen) atoms. The van der Waals surface area contributed by atoms with Crippen molar-refractivity contribution >= 4 is 56.0 Å². The van der Waals surface area contributed by atoms with Crippen LogP contribution >= 0.6 is 15.9 Å². The third-order valence-electron chi connectivity index (χ3n) is 6.39. The molecule has 0 bridgehead atoms. The molecular formula is C33H30BrN5O4. The molecule has 0 atom stereocenters. The summed E-state index contributed by atoms with van der Waals surface area (Å²) in [6.45, 7) is 5.86. The molecule has 5 rings (SSSR count). The molecule has 4 aromatic carbocycles. The van der Waals surface area contributed by atoms with Crippen LogP contribution in [0.5, 0.6) is 5.75 Å². The minimum absolute atomic E-state index is 0.209. The zero-order valence-corrected chi connectivity index (χ0v) is 25.5. The minimum atomic E-state index is -0.694. The molecule has 10 heteroatoms. The quantitative estimate of drug-likeness (QED) is 0.175. The maximum Gasteiger partial charge on any atom is 0.439 e. The van der Waals surface area contributed by atoms with Gasteiger partial charge in [0.2, 0.25) is 0 Å². The predicted octanol–water partition coefficient (Wildman–Crippen LogP) is 7.80. The Morgan fingerprint density at radius 3 is 2.44 bits per heavy atom. The van der Waals surface area contributed by atoms with Gasteiger partial charge >= 0.3 is 6.09 Å². The highest BCUT2D eigenvalue weighted by Crippen LogP contribution is 2.28. The van der Waals surface area contributed by atoms with Crippen LogP contribution in [0, 0.1) is 0 Å². The highest BCUT2D eigenvalue weighted by atomic mass is 79.9. The molecule has 0 fully saturated rings. The Morgan fingerprint density at radius 2 is 1.67 bits per heavy atom. The Morgan fingerprint density at radius 1 is 0.884 bits per heavy atom. The summed E-state index contributed by atoms with van der Waals surface area (Å²) >= 11 is 3.49. The van der Waals surface area contributed by atoms with E-state index in [4.69, 9.17) is 9.57 Å². The molecule has 0 saturated heterocycles. The molecule has 2 N–H and O–H groups in total. The number of benzene rings is 4. The Hall–Kier alpha value is -4.96. The number of fused-ring (bicyclic) bond motifs is 1. The number of hydroxylamine groups is 1. The van der Waals surface area contributed by atoms with Crippen molar-refractivity contribution in [2.45, 2.75) is 32.9 Å². The van der Waals surface area contributed by atoms with Crippen LogP contribution in [0.25, 0.3) is 10.9 Å². The van der Waals surface area contributed by atoms with Crippen molar-refractivity contribution in [2.24, 2.45) is 0 Å². The van der Waals surface area contributed by atoms with Gasteiger partial charge in [0.1, 0.15) is 24.5 Å². The van der Waals surface area contributed by atoms with Gasteiger partial charge in [0, 0.05) is 32.3 Å². The third-order valence-corrected chi connectivity index (χ3v) is 6.88. The second-order valence-electron chi connectivity index (χ2n) is 10.7. The van der Waals surface area contributed by atoms with Crippen molar-refractivity contribution in [3.05, 3.63) is 119 Å². The Bertz CT molecular complexity index is 1760. The number of ether oxygens (including phenoxy) is 1. The van der Waals surface area contributed by atoms with Crippen LogP contribution in [0.4, 0.5) is 22.0 Å². The molecule has 0 radical (unpaired) electrons. The summed E-state index contributed by atoms with van der Waals surface area (Å²) in [6, 6.07) is 29.4. The Balaban J connectivity index is 1.24. The predicted molar refractivity (Wildman–Crippen MR) is 170 cm³/mol. The first-order valence-corrected chi connectivity index (χ1v) is 14.3. The van der Waals surface area contributed by atoms with E-state index in [1.165, 1.54) is 11.2 Å². The summed E-state index contributed by atoms with van der Waals surface area (Å²) in [7, 11) is 0. The van der Waals surface area contributed by atoms with Crippen molar-refractivity contribution in [3.8, 4) is 5.75 Å². The van der Waals surface area contributed by atoms with Gasteiger partial charge in [-0.1, -0.05) is 52.3 Å². The molecule has 0 aliphatic heterocycles. The van der Waals surface area contributed by atoms with E-state index in [0.29, 0.717) is 22.8 Å². The van der Waals surface area contributed by atoms with Gasteiger partial charge in [-0.15, -0.1) is 0 Å². The van der Waals surface area contributed by atoms with Gasteiger partial charge in [-0.3, -0.25) is 9.69 Å². The molecule has 218 valence electrons. The first kappa shape index (κ1) is 29.5. The Kier molecular flexibility index (Phi) is 8.87. The standard InChI is InChI=1S/C33H30BrN5O4/c1-33(2,3)39(26-13-5-4-6-14-26)32(41)43-38-31(40)23-10-7-9-22(17-23)20-42-27-15-16-29-28(19-27)30(36-21-35-29)37-25-12-8-11-24(34)18-25/h4-19,21H,20H2,1-3H3,(H,38,40)(H,35,36,37). The van der Waals surface area contributed by atoms with E-state index in [0.717, 1.165) is 26.6 Å². The number of para-hydroxylation sites is 1. The molecular weight excluding hydrogens is 610 g/mol.